The molecular formula is C18H35IO2. The highest BCUT2D eigenvalue weighted by Crippen LogP contribution is 2.13. The molecule has 0 aliphatic rings. The molecule has 0 amide bonds. The van der Waals surface area contributed by atoms with Crippen LogP contribution in [0.2, 0.25) is 0 Å². The molecule has 0 N–H and O–H groups in total. The molecule has 0 aromatic heterocycles. The smallest absolute Gasteiger partial charge is 0.302 e. The Balaban J connectivity index is 2.95. The number of unbranched alkanes of at least 4 members (excludes halogenated alkanes) is 13. The Morgan fingerprint density at radius 2 is 1.00 bits per heavy atom. The van der Waals surface area contributed by atoms with Crippen LogP contribution in [0.1, 0.15) is 96.8 Å². The zero-order chi connectivity index (χ0) is 15.6. The van der Waals surface area contributed by atoms with E-state index in [2.05, 4.69) is 22.6 Å². The molecule has 0 rings (SSSR count). The van der Waals surface area contributed by atoms with Crippen molar-refractivity contribution in [2.75, 3.05) is 11.0 Å². The number of hydrogen-bond donors (Lipinski definition) is 0. The summed E-state index contributed by atoms with van der Waals surface area (Å²) in [7, 11) is 0. The normalized spacial score (nSPS) is 10.8. The van der Waals surface area contributed by atoms with Gasteiger partial charge in [0.2, 0.25) is 0 Å². The van der Waals surface area contributed by atoms with Gasteiger partial charge in [0.15, 0.2) is 0 Å². The molecule has 3 heteroatoms. The molecule has 0 aliphatic carbocycles. The quantitative estimate of drug-likeness (QED) is 0.127. The minimum atomic E-state index is -0.153. The van der Waals surface area contributed by atoms with Gasteiger partial charge in [-0.25, -0.2) is 0 Å². The van der Waals surface area contributed by atoms with E-state index in [0.717, 1.165) is 6.42 Å². The van der Waals surface area contributed by atoms with E-state index in [0.29, 0.717) is 6.61 Å². The summed E-state index contributed by atoms with van der Waals surface area (Å²) in [6.45, 7) is 2.08. The van der Waals surface area contributed by atoms with Crippen molar-refractivity contribution in [3.63, 3.8) is 0 Å². The van der Waals surface area contributed by atoms with Crippen LogP contribution in [0.4, 0.5) is 0 Å². The summed E-state index contributed by atoms with van der Waals surface area (Å²) in [6, 6.07) is 0. The fourth-order valence-electron chi connectivity index (χ4n) is 2.53. The molecule has 2 nitrogen and oxygen atoms in total. The first-order valence-corrected chi connectivity index (χ1v) is 10.5. The summed E-state index contributed by atoms with van der Waals surface area (Å²) in [5.74, 6) is -0.153. The van der Waals surface area contributed by atoms with Crippen LogP contribution in [0.5, 0.6) is 0 Å². The Morgan fingerprint density at radius 3 is 1.33 bits per heavy atom. The molecule has 0 aromatic carbocycles. The van der Waals surface area contributed by atoms with E-state index in [1.807, 2.05) is 0 Å². The van der Waals surface area contributed by atoms with Crippen molar-refractivity contribution < 1.29 is 9.53 Å². The number of carbonyl (C=O) groups excluding carboxylic acids is 1. The monoisotopic (exact) mass is 410 g/mol. The van der Waals surface area contributed by atoms with Crippen LogP contribution in [0, 0.1) is 0 Å². The van der Waals surface area contributed by atoms with Gasteiger partial charge in [0.25, 0.3) is 0 Å². The lowest BCUT2D eigenvalue weighted by atomic mass is 10.0. The molecule has 0 radical (unpaired) electrons. The number of halogens is 1. The van der Waals surface area contributed by atoms with Crippen LogP contribution in [-0.4, -0.2) is 17.0 Å². The van der Waals surface area contributed by atoms with Crippen LogP contribution in [0.25, 0.3) is 0 Å². The highest BCUT2D eigenvalue weighted by molar-refractivity contribution is 14.1. The summed E-state index contributed by atoms with van der Waals surface area (Å²) in [4.78, 5) is 10.6. The molecule has 0 heterocycles. The van der Waals surface area contributed by atoms with Gasteiger partial charge in [-0.05, 0) is 17.3 Å². The molecule has 0 saturated carbocycles. The van der Waals surface area contributed by atoms with E-state index in [-0.39, 0.29) is 5.97 Å². The van der Waals surface area contributed by atoms with E-state index in [1.165, 1.54) is 94.8 Å². The van der Waals surface area contributed by atoms with Crippen molar-refractivity contribution in [2.45, 2.75) is 96.8 Å². The SMILES string of the molecule is CC(=O)OCCCCCCCCCCCCCCCCI. The predicted molar refractivity (Wildman–Crippen MR) is 100 cm³/mol. The van der Waals surface area contributed by atoms with Crippen LogP contribution in [-0.2, 0) is 9.53 Å². The topological polar surface area (TPSA) is 26.3 Å². The maximum absolute atomic E-state index is 10.6. The Bertz CT molecular complexity index is 219. The van der Waals surface area contributed by atoms with Crippen molar-refractivity contribution in [1.29, 1.82) is 0 Å². The van der Waals surface area contributed by atoms with Crippen molar-refractivity contribution in [3.8, 4) is 0 Å². The first-order valence-electron chi connectivity index (χ1n) is 8.96. The average molecular weight is 410 g/mol. The molecule has 0 atom stereocenters. The lowest BCUT2D eigenvalue weighted by Gasteiger charge is -2.03. The Hall–Kier alpha value is 0.200. The molecule has 0 fully saturated rings. The number of hydrogen-bond acceptors (Lipinski definition) is 2. The maximum Gasteiger partial charge on any atom is 0.302 e. The first kappa shape index (κ1) is 21.2. The predicted octanol–water partition coefficient (Wildman–Crippen LogP) is 6.45. The largest absolute Gasteiger partial charge is 0.466 e. The van der Waals surface area contributed by atoms with Crippen molar-refractivity contribution in [3.05, 3.63) is 0 Å². The second-order valence-electron chi connectivity index (χ2n) is 5.98. The van der Waals surface area contributed by atoms with Crippen LogP contribution >= 0.6 is 22.6 Å². The van der Waals surface area contributed by atoms with Gasteiger partial charge in [-0.2, -0.15) is 0 Å². The van der Waals surface area contributed by atoms with Crippen molar-refractivity contribution in [1.82, 2.24) is 0 Å². The minimum absolute atomic E-state index is 0.153. The fraction of sp³-hybridized carbons (Fsp3) is 0.944. The van der Waals surface area contributed by atoms with E-state index in [9.17, 15) is 4.79 Å². The van der Waals surface area contributed by atoms with Crippen molar-refractivity contribution >= 4 is 28.6 Å². The number of alkyl halides is 1. The molecule has 0 spiro atoms. The molecule has 21 heavy (non-hydrogen) atoms. The Morgan fingerprint density at radius 1 is 0.667 bits per heavy atom. The van der Waals surface area contributed by atoms with Gasteiger partial charge in [-0.1, -0.05) is 99.6 Å². The van der Waals surface area contributed by atoms with Gasteiger partial charge in [0.1, 0.15) is 0 Å². The van der Waals surface area contributed by atoms with Gasteiger partial charge < -0.3 is 4.74 Å². The summed E-state index contributed by atoms with van der Waals surface area (Å²) < 4.78 is 6.24. The molecule has 0 saturated heterocycles. The number of rotatable bonds is 16. The highest BCUT2D eigenvalue weighted by Gasteiger charge is 1.95. The first-order chi connectivity index (χ1) is 10.3. The second-order valence-corrected chi connectivity index (χ2v) is 7.06. The average Bonchev–Trinajstić information content (AvgIpc) is 2.46. The fourth-order valence-corrected chi connectivity index (χ4v) is 3.07. The molecule has 0 unspecified atom stereocenters. The van der Waals surface area contributed by atoms with Crippen LogP contribution in [0.3, 0.4) is 0 Å². The molecule has 0 aromatic rings. The van der Waals surface area contributed by atoms with Gasteiger partial charge in [0, 0.05) is 6.92 Å². The third kappa shape index (κ3) is 20.2. The Labute approximate surface area is 145 Å². The molecule has 126 valence electrons. The van der Waals surface area contributed by atoms with Crippen LogP contribution < -0.4 is 0 Å². The summed E-state index contributed by atoms with van der Waals surface area (Å²) in [5.41, 5.74) is 0. The third-order valence-corrected chi connectivity index (χ3v) is 4.60. The van der Waals surface area contributed by atoms with E-state index < -0.39 is 0 Å². The maximum atomic E-state index is 10.6. The van der Waals surface area contributed by atoms with Gasteiger partial charge in [0.05, 0.1) is 6.61 Å². The third-order valence-electron chi connectivity index (χ3n) is 3.83. The number of ether oxygens (including phenoxy) is 1. The van der Waals surface area contributed by atoms with Gasteiger partial charge >= 0.3 is 5.97 Å². The highest BCUT2D eigenvalue weighted by atomic mass is 127. The van der Waals surface area contributed by atoms with E-state index in [4.69, 9.17) is 4.74 Å². The number of carbonyl (C=O) groups is 1. The zero-order valence-corrected chi connectivity index (χ0v) is 16.2. The summed E-state index contributed by atoms with van der Waals surface area (Å²) >= 11 is 2.47. The summed E-state index contributed by atoms with van der Waals surface area (Å²) in [6.07, 6.45) is 19.1. The lowest BCUT2D eigenvalue weighted by molar-refractivity contribution is -0.141. The lowest BCUT2D eigenvalue weighted by Crippen LogP contribution is -2.00. The Kier molecular flexibility index (Phi) is 18.4. The molecule has 0 bridgehead atoms. The van der Waals surface area contributed by atoms with Gasteiger partial charge in [-0.15, -0.1) is 0 Å². The second kappa shape index (κ2) is 18.2. The van der Waals surface area contributed by atoms with E-state index in [1.54, 1.807) is 0 Å². The molecule has 0 aliphatic heterocycles. The standard InChI is InChI=1S/C18H35IO2/c1-18(20)21-17-15-13-11-9-7-5-3-2-4-6-8-10-12-14-16-19/h2-17H2,1H3. The molecular weight excluding hydrogens is 375 g/mol. The summed E-state index contributed by atoms with van der Waals surface area (Å²) in [5, 5.41) is 0. The van der Waals surface area contributed by atoms with E-state index >= 15 is 0 Å². The van der Waals surface area contributed by atoms with Gasteiger partial charge in [-0.3, -0.25) is 4.79 Å². The zero-order valence-electron chi connectivity index (χ0n) is 14.0. The minimum Gasteiger partial charge on any atom is -0.466 e. The van der Waals surface area contributed by atoms with Crippen LogP contribution in [0.15, 0.2) is 0 Å². The number of esters is 1. The van der Waals surface area contributed by atoms with Crippen molar-refractivity contribution in [2.24, 2.45) is 0 Å².